The highest BCUT2D eigenvalue weighted by Gasteiger charge is 2.23. The Labute approximate surface area is 181 Å². The SMILES string of the molecule is CC.Cc1cc2ccccc2nc1-c1cc([C@H](O)C(=O)NCCCN)c(CO)c(=O)[nH]1. The van der Waals surface area contributed by atoms with Gasteiger partial charge in [0.25, 0.3) is 11.5 Å². The summed E-state index contributed by atoms with van der Waals surface area (Å²) in [6.45, 7) is 5.97. The highest BCUT2D eigenvalue weighted by atomic mass is 16.3. The number of carbonyl (C=O) groups excluding carboxylic acids is 1. The van der Waals surface area contributed by atoms with E-state index < -0.39 is 24.2 Å². The summed E-state index contributed by atoms with van der Waals surface area (Å²) in [7, 11) is 0. The molecule has 1 atom stereocenters. The second-order valence-electron chi connectivity index (χ2n) is 6.79. The number of para-hydroxylation sites is 1. The largest absolute Gasteiger partial charge is 0.391 e. The zero-order valence-electron chi connectivity index (χ0n) is 18.1. The lowest BCUT2D eigenvalue weighted by atomic mass is 10.00. The number of H-pyrrole nitrogens is 1. The summed E-state index contributed by atoms with van der Waals surface area (Å²) in [5.74, 6) is -0.659. The molecule has 0 saturated heterocycles. The third-order valence-electron chi connectivity index (χ3n) is 4.72. The summed E-state index contributed by atoms with van der Waals surface area (Å²) >= 11 is 0. The third-order valence-corrected chi connectivity index (χ3v) is 4.72. The van der Waals surface area contributed by atoms with E-state index in [2.05, 4.69) is 15.3 Å². The van der Waals surface area contributed by atoms with Gasteiger partial charge in [0.2, 0.25) is 0 Å². The molecule has 1 aromatic carbocycles. The minimum absolute atomic E-state index is 0.0471. The number of aliphatic hydroxyl groups is 2. The summed E-state index contributed by atoms with van der Waals surface area (Å²) < 4.78 is 0. The first-order valence-corrected chi connectivity index (χ1v) is 10.4. The number of aromatic amines is 1. The van der Waals surface area contributed by atoms with Gasteiger partial charge in [0.05, 0.1) is 23.5 Å². The topological polar surface area (TPSA) is 141 Å². The number of hydrogen-bond acceptors (Lipinski definition) is 6. The van der Waals surface area contributed by atoms with Crippen molar-refractivity contribution in [2.45, 2.75) is 39.9 Å². The number of pyridine rings is 2. The Bertz CT molecular complexity index is 1090. The maximum Gasteiger partial charge on any atom is 0.254 e. The van der Waals surface area contributed by atoms with E-state index in [1.165, 1.54) is 6.07 Å². The Balaban J connectivity index is 0.00000166. The zero-order chi connectivity index (χ0) is 23.0. The van der Waals surface area contributed by atoms with Crippen LogP contribution in [0.4, 0.5) is 0 Å². The van der Waals surface area contributed by atoms with Gasteiger partial charge < -0.3 is 26.2 Å². The van der Waals surface area contributed by atoms with Crippen molar-refractivity contribution in [3.63, 3.8) is 0 Å². The van der Waals surface area contributed by atoms with Crippen molar-refractivity contribution in [2.24, 2.45) is 5.73 Å². The fraction of sp³-hybridized carbons (Fsp3) is 0.348. The number of fused-ring (bicyclic) bond motifs is 1. The van der Waals surface area contributed by atoms with E-state index in [4.69, 9.17) is 5.73 Å². The van der Waals surface area contributed by atoms with Gasteiger partial charge in [-0.25, -0.2) is 4.98 Å². The van der Waals surface area contributed by atoms with Crippen LogP contribution in [0, 0.1) is 6.92 Å². The highest BCUT2D eigenvalue weighted by Crippen LogP contribution is 2.26. The smallest absolute Gasteiger partial charge is 0.254 e. The molecule has 0 radical (unpaired) electrons. The number of nitrogens with zero attached hydrogens (tertiary/aromatic N) is 1. The van der Waals surface area contributed by atoms with Crippen LogP contribution in [0.2, 0.25) is 0 Å². The first kappa shape index (κ1) is 24.2. The van der Waals surface area contributed by atoms with Gasteiger partial charge in [-0.05, 0) is 43.7 Å². The van der Waals surface area contributed by atoms with Crippen LogP contribution in [0.15, 0.2) is 41.2 Å². The molecule has 2 aromatic heterocycles. The lowest BCUT2D eigenvalue weighted by Crippen LogP contribution is -2.32. The number of nitrogens with one attached hydrogen (secondary N) is 2. The van der Waals surface area contributed by atoms with E-state index in [0.717, 1.165) is 16.5 Å². The van der Waals surface area contributed by atoms with E-state index in [9.17, 15) is 19.8 Å². The van der Waals surface area contributed by atoms with Gasteiger partial charge in [-0.3, -0.25) is 9.59 Å². The maximum atomic E-state index is 12.5. The molecule has 3 rings (SSSR count). The number of aliphatic hydroxyl groups excluding tert-OH is 2. The van der Waals surface area contributed by atoms with E-state index >= 15 is 0 Å². The van der Waals surface area contributed by atoms with Crippen LogP contribution in [0.25, 0.3) is 22.3 Å². The number of amides is 1. The molecule has 0 aliphatic carbocycles. The van der Waals surface area contributed by atoms with E-state index in [1.807, 2.05) is 51.1 Å². The van der Waals surface area contributed by atoms with Gasteiger partial charge in [0, 0.05) is 23.1 Å². The van der Waals surface area contributed by atoms with Gasteiger partial charge >= 0.3 is 0 Å². The molecule has 0 aliphatic rings. The molecule has 8 heteroatoms. The average molecular weight is 427 g/mol. The Hall–Kier alpha value is -3.07. The molecule has 1 amide bonds. The monoisotopic (exact) mass is 426 g/mol. The summed E-state index contributed by atoms with van der Waals surface area (Å²) in [5, 5.41) is 23.6. The fourth-order valence-electron chi connectivity index (χ4n) is 3.19. The number of hydrogen-bond donors (Lipinski definition) is 5. The summed E-state index contributed by atoms with van der Waals surface area (Å²) in [4.78, 5) is 32.1. The van der Waals surface area contributed by atoms with Gasteiger partial charge in [-0.15, -0.1) is 0 Å². The van der Waals surface area contributed by atoms with Crippen LogP contribution in [-0.2, 0) is 11.4 Å². The molecule has 8 nitrogen and oxygen atoms in total. The predicted molar refractivity (Wildman–Crippen MR) is 121 cm³/mol. The lowest BCUT2D eigenvalue weighted by molar-refractivity contribution is -0.129. The van der Waals surface area contributed by atoms with Gasteiger partial charge in [-0.1, -0.05) is 32.0 Å². The first-order chi connectivity index (χ1) is 15.0. The van der Waals surface area contributed by atoms with Crippen molar-refractivity contribution in [1.29, 1.82) is 0 Å². The number of rotatable bonds is 7. The van der Waals surface area contributed by atoms with Crippen LogP contribution < -0.4 is 16.6 Å². The fourth-order valence-corrected chi connectivity index (χ4v) is 3.19. The molecule has 0 fully saturated rings. The number of aromatic nitrogens is 2. The van der Waals surface area contributed by atoms with Crippen molar-refractivity contribution in [2.75, 3.05) is 13.1 Å². The molecule has 31 heavy (non-hydrogen) atoms. The Morgan fingerprint density at radius 2 is 1.97 bits per heavy atom. The molecular formula is C23H30N4O4. The molecule has 166 valence electrons. The van der Waals surface area contributed by atoms with Crippen LogP contribution in [-0.4, -0.2) is 39.2 Å². The molecular weight excluding hydrogens is 396 g/mol. The van der Waals surface area contributed by atoms with Crippen molar-refractivity contribution >= 4 is 16.8 Å². The molecule has 0 aliphatic heterocycles. The standard InChI is InChI=1S/C21H24N4O4.C2H6/c1-12-9-13-5-2-3-6-16(13)24-18(12)17-10-14(15(11-26)20(28)25-17)19(27)21(29)23-8-4-7-22;1-2/h2-3,5-6,9-10,19,26-27H,4,7-8,11,22H2,1H3,(H,23,29)(H,25,28);1-2H3/t19-;/m0./s1. The highest BCUT2D eigenvalue weighted by molar-refractivity contribution is 5.84. The van der Waals surface area contributed by atoms with Gasteiger partial charge in [0.1, 0.15) is 0 Å². The minimum atomic E-state index is -1.60. The molecule has 6 N–H and O–H groups in total. The van der Waals surface area contributed by atoms with Crippen LogP contribution in [0.3, 0.4) is 0 Å². The first-order valence-electron chi connectivity index (χ1n) is 10.4. The van der Waals surface area contributed by atoms with Crippen molar-refractivity contribution in [3.8, 4) is 11.4 Å². The summed E-state index contributed by atoms with van der Waals surface area (Å²) in [5.41, 5.74) is 7.28. The third kappa shape index (κ3) is 5.55. The molecule has 0 saturated carbocycles. The van der Waals surface area contributed by atoms with Crippen LogP contribution in [0.5, 0.6) is 0 Å². The molecule has 0 spiro atoms. The summed E-state index contributed by atoms with van der Waals surface area (Å²) in [6.07, 6.45) is -1.04. The quantitative estimate of drug-likeness (QED) is 0.366. The van der Waals surface area contributed by atoms with Crippen LogP contribution >= 0.6 is 0 Å². The van der Waals surface area contributed by atoms with Gasteiger partial charge in [0.15, 0.2) is 6.10 Å². The van der Waals surface area contributed by atoms with E-state index in [-0.39, 0.29) is 11.1 Å². The molecule has 3 aromatic rings. The van der Waals surface area contributed by atoms with Crippen LogP contribution in [0.1, 0.15) is 43.1 Å². The number of benzene rings is 1. The van der Waals surface area contributed by atoms with Gasteiger partial charge in [-0.2, -0.15) is 0 Å². The van der Waals surface area contributed by atoms with E-state index in [0.29, 0.717) is 30.9 Å². The number of carbonyl (C=O) groups is 1. The second kappa shape index (κ2) is 11.4. The summed E-state index contributed by atoms with van der Waals surface area (Å²) in [6, 6.07) is 11.0. The van der Waals surface area contributed by atoms with Crippen molar-refractivity contribution in [3.05, 3.63) is 63.4 Å². The Kier molecular flexibility index (Phi) is 8.87. The molecule has 0 bridgehead atoms. The van der Waals surface area contributed by atoms with Crippen molar-refractivity contribution in [1.82, 2.24) is 15.3 Å². The lowest BCUT2D eigenvalue weighted by Gasteiger charge is -2.16. The minimum Gasteiger partial charge on any atom is -0.391 e. The normalized spacial score (nSPS) is 11.5. The zero-order valence-corrected chi connectivity index (χ0v) is 18.1. The number of aryl methyl sites for hydroxylation is 1. The predicted octanol–water partition coefficient (Wildman–Crippen LogP) is 1.92. The Morgan fingerprint density at radius 1 is 1.26 bits per heavy atom. The average Bonchev–Trinajstić information content (AvgIpc) is 2.79. The molecule has 0 unspecified atom stereocenters. The number of nitrogens with two attached hydrogens (primary N) is 1. The second-order valence-corrected chi connectivity index (χ2v) is 6.79. The Morgan fingerprint density at radius 3 is 2.65 bits per heavy atom. The molecule has 2 heterocycles. The van der Waals surface area contributed by atoms with Crippen molar-refractivity contribution < 1.29 is 15.0 Å². The van der Waals surface area contributed by atoms with E-state index in [1.54, 1.807) is 0 Å². The maximum absolute atomic E-state index is 12.5.